The van der Waals surface area contributed by atoms with Gasteiger partial charge >= 0.3 is 11.9 Å². The van der Waals surface area contributed by atoms with Crippen molar-refractivity contribution in [2.45, 2.75) is 109 Å². The summed E-state index contributed by atoms with van der Waals surface area (Å²) in [6, 6.07) is 12.7. The Morgan fingerprint density at radius 2 is 1.64 bits per heavy atom. The van der Waals surface area contributed by atoms with Gasteiger partial charge in [-0.2, -0.15) is 0 Å². The number of esters is 2. The van der Waals surface area contributed by atoms with Gasteiger partial charge in [-0.1, -0.05) is 90.4 Å². The molecule has 2 saturated heterocycles. The van der Waals surface area contributed by atoms with Gasteiger partial charge in [0.05, 0.1) is 23.7 Å². The van der Waals surface area contributed by atoms with Crippen LogP contribution in [0.15, 0.2) is 54.6 Å². The molecule has 0 aliphatic carbocycles. The zero-order valence-corrected chi connectivity index (χ0v) is 39.6. The summed E-state index contributed by atoms with van der Waals surface area (Å²) in [5.74, 6) is -2.09. The van der Waals surface area contributed by atoms with Gasteiger partial charge < -0.3 is 29.6 Å². The number of benzene rings is 2. The topological polar surface area (TPSA) is 139 Å². The van der Waals surface area contributed by atoms with E-state index in [9.17, 15) is 19.2 Å². The van der Waals surface area contributed by atoms with Crippen LogP contribution in [0.5, 0.6) is 5.75 Å². The van der Waals surface area contributed by atoms with Crippen LogP contribution in [-0.4, -0.2) is 115 Å². The van der Waals surface area contributed by atoms with Crippen molar-refractivity contribution in [3.63, 3.8) is 0 Å². The van der Waals surface area contributed by atoms with Crippen LogP contribution in [0.1, 0.15) is 84.1 Å². The SMILES string of the molecule is COc1ccc(C[C@H]2NC(=O)/C=C/C[C@@H]([C@H](C)[C@H]3O[C@@H]3c3ccc(CN4CCN(CC(C)(C)SSC)CC4)cc3)OC(=O)[C@H](CC(C)C)OC(=O)C(C)(C)CNC2=O)cc1Cl. The molecule has 6 atom stereocenters. The maximum atomic E-state index is 13.9. The second-order valence-electron chi connectivity index (χ2n) is 18.2. The van der Waals surface area contributed by atoms with Crippen molar-refractivity contribution in [1.29, 1.82) is 0 Å². The number of hydrogen-bond donors (Lipinski definition) is 2. The molecule has 0 unspecified atom stereocenters. The van der Waals surface area contributed by atoms with Crippen molar-refractivity contribution in [1.82, 2.24) is 20.4 Å². The molecule has 0 aromatic heterocycles. The van der Waals surface area contributed by atoms with Gasteiger partial charge in [-0.15, -0.1) is 0 Å². The van der Waals surface area contributed by atoms with Crippen LogP contribution in [0.2, 0.25) is 5.02 Å². The predicted octanol–water partition coefficient (Wildman–Crippen LogP) is 7.03. The van der Waals surface area contributed by atoms with Gasteiger partial charge in [-0.3, -0.25) is 24.2 Å². The minimum atomic E-state index is -1.21. The average molecular weight is 902 g/mol. The number of nitrogens with one attached hydrogen (secondary N) is 2. The molecule has 336 valence electrons. The third-order valence-electron chi connectivity index (χ3n) is 11.4. The number of nitrogens with zero attached hydrogens (tertiary/aromatic N) is 2. The van der Waals surface area contributed by atoms with E-state index in [1.807, 2.05) is 42.4 Å². The van der Waals surface area contributed by atoms with E-state index in [1.165, 1.54) is 18.7 Å². The van der Waals surface area contributed by atoms with Gasteiger partial charge in [0.1, 0.15) is 24.0 Å². The lowest BCUT2D eigenvalue weighted by atomic mass is 9.92. The summed E-state index contributed by atoms with van der Waals surface area (Å²) in [6.07, 6.45) is 3.40. The van der Waals surface area contributed by atoms with Crippen LogP contribution in [-0.2, 0) is 46.4 Å². The number of rotatable bonds is 14. The highest BCUT2D eigenvalue weighted by atomic mass is 35.5. The summed E-state index contributed by atoms with van der Waals surface area (Å²) in [5, 5.41) is 5.98. The van der Waals surface area contributed by atoms with Crippen LogP contribution >= 0.6 is 33.2 Å². The molecule has 0 saturated carbocycles. The zero-order chi connectivity index (χ0) is 44.5. The molecule has 5 rings (SSSR count). The first-order chi connectivity index (χ1) is 28.9. The van der Waals surface area contributed by atoms with E-state index in [-0.39, 0.29) is 54.6 Å². The molecule has 2 aromatic carbocycles. The molecule has 3 aliphatic rings. The smallest absolute Gasteiger partial charge is 0.347 e. The number of ether oxygens (including phenoxy) is 4. The summed E-state index contributed by atoms with van der Waals surface area (Å²) in [6.45, 7) is 19.8. The van der Waals surface area contributed by atoms with Gasteiger partial charge in [0.25, 0.3) is 0 Å². The Bertz CT molecular complexity index is 1850. The Balaban J connectivity index is 1.28. The van der Waals surface area contributed by atoms with E-state index in [1.54, 1.807) is 38.1 Å². The highest BCUT2D eigenvalue weighted by molar-refractivity contribution is 8.77. The quantitative estimate of drug-likeness (QED) is 0.114. The highest BCUT2D eigenvalue weighted by Gasteiger charge is 2.48. The molecular formula is C46H65ClN4O8S2. The van der Waals surface area contributed by atoms with E-state index in [2.05, 4.69) is 64.8 Å². The van der Waals surface area contributed by atoms with E-state index >= 15 is 0 Å². The first kappa shape index (κ1) is 48.8. The minimum Gasteiger partial charge on any atom is -0.495 e. The maximum absolute atomic E-state index is 13.9. The van der Waals surface area contributed by atoms with Crippen LogP contribution in [0, 0.1) is 17.3 Å². The molecule has 2 aromatic rings. The molecule has 61 heavy (non-hydrogen) atoms. The third-order valence-corrected chi connectivity index (χ3v) is 14.3. The van der Waals surface area contributed by atoms with E-state index in [4.69, 9.17) is 30.5 Å². The normalized spacial score (nSPS) is 25.9. The number of cyclic esters (lactones) is 2. The van der Waals surface area contributed by atoms with Crippen molar-refractivity contribution in [3.05, 3.63) is 76.3 Å². The molecule has 3 heterocycles. The lowest BCUT2D eigenvalue weighted by Gasteiger charge is -2.38. The predicted molar refractivity (Wildman–Crippen MR) is 244 cm³/mol. The number of epoxide rings is 1. The van der Waals surface area contributed by atoms with Crippen LogP contribution in [0.25, 0.3) is 0 Å². The number of halogens is 1. The fraction of sp³-hybridized carbons (Fsp3) is 0.609. The van der Waals surface area contributed by atoms with Gasteiger partial charge in [0.15, 0.2) is 6.10 Å². The highest BCUT2D eigenvalue weighted by Crippen LogP contribution is 2.45. The van der Waals surface area contributed by atoms with Gasteiger partial charge in [0, 0.05) is 69.3 Å². The number of carbonyl (C=O) groups is 4. The number of methoxy groups -OCH3 is 1. The number of amides is 2. The minimum absolute atomic E-state index is 0.00978. The molecule has 2 amide bonds. The summed E-state index contributed by atoms with van der Waals surface area (Å²) in [5.41, 5.74) is 1.78. The molecule has 0 bridgehead atoms. The molecular weight excluding hydrogens is 836 g/mol. The Morgan fingerprint density at radius 1 is 0.967 bits per heavy atom. The number of carbonyl (C=O) groups excluding carboxylic acids is 4. The number of piperazine rings is 1. The first-order valence-electron chi connectivity index (χ1n) is 21.3. The van der Waals surface area contributed by atoms with Crippen LogP contribution < -0.4 is 15.4 Å². The van der Waals surface area contributed by atoms with Crippen molar-refractivity contribution in [3.8, 4) is 5.75 Å². The Labute approximate surface area is 375 Å². The van der Waals surface area contributed by atoms with Gasteiger partial charge in [-0.05, 0) is 81.2 Å². The lowest BCUT2D eigenvalue weighted by Crippen LogP contribution is -2.51. The monoisotopic (exact) mass is 900 g/mol. The lowest BCUT2D eigenvalue weighted by molar-refractivity contribution is -0.179. The summed E-state index contributed by atoms with van der Waals surface area (Å²) >= 11 is 6.38. The first-order valence-corrected chi connectivity index (χ1v) is 24.2. The fourth-order valence-corrected chi connectivity index (χ4v) is 10.3. The van der Waals surface area contributed by atoms with Gasteiger partial charge in [0.2, 0.25) is 11.8 Å². The maximum Gasteiger partial charge on any atom is 0.347 e. The molecule has 2 fully saturated rings. The molecule has 0 radical (unpaired) electrons. The van der Waals surface area contributed by atoms with Crippen molar-refractivity contribution < 1.29 is 38.1 Å². The van der Waals surface area contributed by atoms with Crippen LogP contribution in [0.4, 0.5) is 0 Å². The molecule has 0 spiro atoms. The molecule has 15 heteroatoms. The van der Waals surface area contributed by atoms with Gasteiger partial charge in [-0.25, -0.2) is 4.79 Å². The average Bonchev–Trinajstić information content (AvgIpc) is 4.00. The molecule has 2 N–H and O–H groups in total. The van der Waals surface area contributed by atoms with E-state index in [0.717, 1.165) is 44.8 Å². The summed E-state index contributed by atoms with van der Waals surface area (Å²) in [7, 11) is 5.28. The molecule has 12 nitrogen and oxygen atoms in total. The van der Waals surface area contributed by atoms with Crippen LogP contribution in [0.3, 0.4) is 0 Å². The zero-order valence-electron chi connectivity index (χ0n) is 37.2. The van der Waals surface area contributed by atoms with Crippen molar-refractivity contribution >= 4 is 56.9 Å². The Morgan fingerprint density at radius 3 is 2.28 bits per heavy atom. The third kappa shape index (κ3) is 14.4. The Kier molecular flexibility index (Phi) is 17.5. The van der Waals surface area contributed by atoms with Crippen molar-refractivity contribution in [2.24, 2.45) is 17.3 Å². The van der Waals surface area contributed by atoms with E-state index < -0.39 is 47.4 Å². The summed E-state index contributed by atoms with van der Waals surface area (Å²) in [4.78, 5) is 59.6. The van der Waals surface area contributed by atoms with E-state index in [0.29, 0.717) is 16.3 Å². The number of hydrogen-bond acceptors (Lipinski definition) is 12. The Hall–Kier alpha value is -3.27. The second kappa shape index (κ2) is 21.9. The van der Waals surface area contributed by atoms with Crippen molar-refractivity contribution in [2.75, 3.05) is 52.6 Å². The second-order valence-corrected chi connectivity index (χ2v) is 21.7. The standard InChI is InChI=1S/C46H65ClN4O8S2/c1-29(2)23-38-43(54)57-36(30(3)40-41(59-40)33-16-13-31(14-17-33)26-50-19-21-51(22-20-50)28-46(6,7)61-60-9)11-10-12-39(52)49-35(25-32-15-18-37(56-8)34(47)24-32)42(53)48-27-45(4,5)44(55)58-38/h10,12-18,24,29-30,35-36,38,40-41H,11,19-23,25-28H2,1-9H3,(H,48,53)(H,49,52)/b12-10+/t30-,35+,36-,38-,40+,41+/m0/s1. The summed E-state index contributed by atoms with van der Waals surface area (Å²) < 4.78 is 23.8. The fourth-order valence-electron chi connectivity index (χ4n) is 7.79. The molecule has 3 aliphatic heterocycles. The largest absolute Gasteiger partial charge is 0.495 e.